The minimum absolute atomic E-state index is 0.372. The molecule has 98 valence electrons. The second-order valence-corrected chi connectivity index (χ2v) is 3.77. The molecule has 2 rings (SSSR count). The number of nitrogen functional groups attached to an aromatic ring is 1. The molecule has 1 aromatic heterocycles. The predicted molar refractivity (Wildman–Crippen MR) is 74.3 cm³/mol. The highest BCUT2D eigenvalue weighted by molar-refractivity contribution is 6.01. The van der Waals surface area contributed by atoms with Gasteiger partial charge in [-0.15, -0.1) is 0 Å². The fourth-order valence-electron chi connectivity index (χ4n) is 1.48. The molecule has 1 aromatic carbocycles. The number of carbonyl (C=O) groups is 1. The number of carbonyl (C=O) groups excluding carboxylic acids is 1. The zero-order valence-corrected chi connectivity index (χ0v) is 10.4. The SMILES string of the molecule is COc1ccc(NC(=O)Nc2ccncc2N)cc1. The summed E-state index contributed by atoms with van der Waals surface area (Å²) in [5, 5.41) is 5.33. The molecule has 19 heavy (non-hydrogen) atoms. The third-order valence-corrected chi connectivity index (χ3v) is 2.45. The molecule has 0 saturated carbocycles. The molecule has 1 heterocycles. The molecule has 0 bridgehead atoms. The van der Waals surface area contributed by atoms with Crippen molar-refractivity contribution in [2.75, 3.05) is 23.5 Å². The van der Waals surface area contributed by atoms with E-state index in [-0.39, 0.29) is 6.03 Å². The quantitative estimate of drug-likeness (QED) is 0.788. The molecule has 0 saturated heterocycles. The van der Waals surface area contributed by atoms with Crippen molar-refractivity contribution in [2.24, 2.45) is 0 Å². The first kappa shape index (κ1) is 12.7. The second-order valence-electron chi connectivity index (χ2n) is 3.77. The van der Waals surface area contributed by atoms with Crippen LogP contribution in [0.15, 0.2) is 42.7 Å². The Hall–Kier alpha value is -2.76. The number of nitrogens with one attached hydrogen (secondary N) is 2. The van der Waals surface area contributed by atoms with Crippen LogP contribution >= 0.6 is 0 Å². The number of pyridine rings is 1. The number of rotatable bonds is 3. The second kappa shape index (κ2) is 5.72. The topological polar surface area (TPSA) is 89.3 Å². The summed E-state index contributed by atoms with van der Waals surface area (Å²) in [6, 6.07) is 8.27. The average Bonchev–Trinajstić information content (AvgIpc) is 2.42. The van der Waals surface area contributed by atoms with Gasteiger partial charge in [-0.25, -0.2) is 4.79 Å². The third kappa shape index (κ3) is 3.35. The number of amides is 2. The number of nitrogens with two attached hydrogens (primary N) is 1. The Balaban J connectivity index is 1.99. The van der Waals surface area contributed by atoms with Gasteiger partial charge in [0.15, 0.2) is 0 Å². The van der Waals surface area contributed by atoms with Crippen LogP contribution in [0.5, 0.6) is 5.75 Å². The smallest absolute Gasteiger partial charge is 0.323 e. The molecule has 2 aromatic rings. The van der Waals surface area contributed by atoms with Crippen LogP contribution in [0, 0.1) is 0 Å². The maximum atomic E-state index is 11.8. The van der Waals surface area contributed by atoms with E-state index in [9.17, 15) is 4.79 Å². The van der Waals surface area contributed by atoms with Crippen LogP contribution < -0.4 is 21.1 Å². The van der Waals surface area contributed by atoms with Gasteiger partial charge in [0.05, 0.1) is 24.7 Å². The summed E-state index contributed by atoms with van der Waals surface area (Å²) in [6.45, 7) is 0. The molecule has 6 nitrogen and oxygen atoms in total. The number of ether oxygens (including phenoxy) is 1. The Morgan fingerprint density at radius 2 is 1.95 bits per heavy atom. The number of nitrogens with zero attached hydrogens (tertiary/aromatic N) is 1. The minimum atomic E-state index is -0.372. The van der Waals surface area contributed by atoms with Crippen LogP contribution in [0.1, 0.15) is 0 Å². The highest BCUT2D eigenvalue weighted by Crippen LogP contribution is 2.17. The lowest BCUT2D eigenvalue weighted by Gasteiger charge is -2.09. The van der Waals surface area contributed by atoms with Gasteiger partial charge in [-0.2, -0.15) is 0 Å². The van der Waals surface area contributed by atoms with E-state index < -0.39 is 0 Å². The van der Waals surface area contributed by atoms with E-state index >= 15 is 0 Å². The van der Waals surface area contributed by atoms with E-state index in [0.29, 0.717) is 17.1 Å². The molecule has 0 spiro atoms. The van der Waals surface area contributed by atoms with Crippen molar-refractivity contribution in [3.8, 4) is 5.75 Å². The summed E-state index contributed by atoms with van der Waals surface area (Å²) in [4.78, 5) is 15.6. The number of aromatic nitrogens is 1. The monoisotopic (exact) mass is 258 g/mol. The maximum Gasteiger partial charge on any atom is 0.323 e. The number of anilines is 3. The van der Waals surface area contributed by atoms with Gasteiger partial charge in [0.25, 0.3) is 0 Å². The van der Waals surface area contributed by atoms with Gasteiger partial charge in [-0.05, 0) is 30.3 Å². The molecule has 0 aliphatic rings. The molecular formula is C13H14N4O2. The Morgan fingerprint density at radius 3 is 2.58 bits per heavy atom. The van der Waals surface area contributed by atoms with Gasteiger partial charge < -0.3 is 21.1 Å². The summed E-state index contributed by atoms with van der Waals surface area (Å²) in [5.41, 5.74) is 7.26. The van der Waals surface area contributed by atoms with Gasteiger partial charge in [-0.1, -0.05) is 0 Å². The fraction of sp³-hybridized carbons (Fsp3) is 0.0769. The lowest BCUT2D eigenvalue weighted by molar-refractivity contribution is 0.262. The third-order valence-electron chi connectivity index (χ3n) is 2.45. The fourth-order valence-corrected chi connectivity index (χ4v) is 1.48. The summed E-state index contributed by atoms with van der Waals surface area (Å²) in [7, 11) is 1.58. The Morgan fingerprint density at radius 1 is 1.21 bits per heavy atom. The van der Waals surface area contributed by atoms with Gasteiger partial charge in [0.1, 0.15) is 5.75 Å². The Bertz CT molecular complexity index is 569. The molecule has 0 radical (unpaired) electrons. The van der Waals surface area contributed by atoms with Gasteiger partial charge >= 0.3 is 6.03 Å². The van der Waals surface area contributed by atoms with E-state index in [1.54, 1.807) is 43.6 Å². The molecule has 0 aliphatic carbocycles. The van der Waals surface area contributed by atoms with Gasteiger partial charge in [0, 0.05) is 11.9 Å². The van der Waals surface area contributed by atoms with Crippen LogP contribution in [0.2, 0.25) is 0 Å². The van der Waals surface area contributed by atoms with E-state index in [2.05, 4.69) is 15.6 Å². The Labute approximate surface area is 110 Å². The zero-order chi connectivity index (χ0) is 13.7. The van der Waals surface area contributed by atoms with Crippen LogP contribution in [-0.4, -0.2) is 18.1 Å². The van der Waals surface area contributed by atoms with Crippen molar-refractivity contribution in [1.82, 2.24) is 4.98 Å². The summed E-state index contributed by atoms with van der Waals surface area (Å²) in [6.07, 6.45) is 3.03. The molecule has 2 amide bonds. The predicted octanol–water partition coefficient (Wildman–Crippen LogP) is 2.32. The van der Waals surface area contributed by atoms with E-state index in [4.69, 9.17) is 10.5 Å². The van der Waals surface area contributed by atoms with E-state index in [1.807, 2.05) is 0 Å². The van der Waals surface area contributed by atoms with Crippen LogP contribution in [0.3, 0.4) is 0 Å². The van der Waals surface area contributed by atoms with Crippen LogP contribution in [0.25, 0.3) is 0 Å². The van der Waals surface area contributed by atoms with Crippen molar-refractivity contribution >= 4 is 23.1 Å². The molecule has 6 heteroatoms. The van der Waals surface area contributed by atoms with Gasteiger partial charge in [0.2, 0.25) is 0 Å². The average molecular weight is 258 g/mol. The van der Waals surface area contributed by atoms with E-state index in [1.165, 1.54) is 6.20 Å². The van der Waals surface area contributed by atoms with E-state index in [0.717, 1.165) is 5.75 Å². The number of hydrogen-bond donors (Lipinski definition) is 3. The zero-order valence-electron chi connectivity index (χ0n) is 10.4. The number of benzene rings is 1. The molecular weight excluding hydrogens is 244 g/mol. The number of methoxy groups -OCH3 is 1. The van der Waals surface area contributed by atoms with Crippen LogP contribution in [0.4, 0.5) is 21.9 Å². The van der Waals surface area contributed by atoms with Crippen molar-refractivity contribution in [3.63, 3.8) is 0 Å². The standard InChI is InChI=1S/C13H14N4O2/c1-19-10-4-2-9(3-5-10)16-13(18)17-12-6-7-15-8-11(12)14/h2-8H,14H2,1H3,(H2,15,16,17,18). The van der Waals surface area contributed by atoms with Crippen molar-refractivity contribution in [1.29, 1.82) is 0 Å². The molecule has 0 aliphatic heterocycles. The first-order valence-corrected chi connectivity index (χ1v) is 5.60. The normalized spacial score (nSPS) is 9.74. The molecule has 4 N–H and O–H groups in total. The van der Waals surface area contributed by atoms with Crippen LogP contribution in [-0.2, 0) is 0 Å². The first-order valence-electron chi connectivity index (χ1n) is 5.60. The van der Waals surface area contributed by atoms with Crippen molar-refractivity contribution < 1.29 is 9.53 Å². The van der Waals surface area contributed by atoms with Gasteiger partial charge in [-0.3, -0.25) is 4.98 Å². The summed E-state index contributed by atoms with van der Waals surface area (Å²) < 4.78 is 5.03. The Kier molecular flexibility index (Phi) is 3.82. The van der Waals surface area contributed by atoms with Crippen molar-refractivity contribution in [3.05, 3.63) is 42.7 Å². The lowest BCUT2D eigenvalue weighted by atomic mass is 10.3. The highest BCUT2D eigenvalue weighted by Gasteiger charge is 2.05. The summed E-state index contributed by atoms with van der Waals surface area (Å²) >= 11 is 0. The summed E-state index contributed by atoms with van der Waals surface area (Å²) in [5.74, 6) is 0.726. The lowest BCUT2D eigenvalue weighted by Crippen LogP contribution is -2.20. The maximum absolute atomic E-state index is 11.8. The number of hydrogen-bond acceptors (Lipinski definition) is 4. The molecule has 0 unspecified atom stereocenters. The number of urea groups is 1. The van der Waals surface area contributed by atoms with Crippen molar-refractivity contribution in [2.45, 2.75) is 0 Å². The molecule has 0 atom stereocenters. The largest absolute Gasteiger partial charge is 0.497 e. The molecule has 0 fully saturated rings. The highest BCUT2D eigenvalue weighted by atomic mass is 16.5. The minimum Gasteiger partial charge on any atom is -0.497 e. The first-order chi connectivity index (χ1) is 9.19.